The third-order valence-corrected chi connectivity index (χ3v) is 7.12. The van der Waals surface area contributed by atoms with Crippen molar-refractivity contribution in [1.82, 2.24) is 4.90 Å². The maximum absolute atomic E-state index is 13.9. The van der Waals surface area contributed by atoms with Crippen molar-refractivity contribution in [1.29, 1.82) is 5.26 Å². The van der Waals surface area contributed by atoms with Crippen molar-refractivity contribution in [3.05, 3.63) is 104 Å². The fourth-order valence-corrected chi connectivity index (χ4v) is 5.00. The maximum Gasteiger partial charge on any atom is 0.253 e. The summed E-state index contributed by atoms with van der Waals surface area (Å²) < 4.78 is 7.72. The number of halogens is 2. The molecule has 4 rings (SSSR count). The van der Waals surface area contributed by atoms with Crippen LogP contribution in [0.15, 0.2) is 78.9 Å². The van der Waals surface area contributed by atoms with Crippen molar-refractivity contribution >= 4 is 40.1 Å². The summed E-state index contributed by atoms with van der Waals surface area (Å²) in [6.07, 6.45) is 0.758. The van der Waals surface area contributed by atoms with Crippen molar-refractivity contribution < 1.29 is 9.53 Å². The molecule has 0 spiro atoms. The highest BCUT2D eigenvalue weighted by Crippen LogP contribution is 2.44. The second-order valence-corrected chi connectivity index (χ2v) is 10.1. The van der Waals surface area contributed by atoms with Gasteiger partial charge in [-0.25, -0.2) is 0 Å². The molecule has 0 saturated carbocycles. The van der Waals surface area contributed by atoms with Gasteiger partial charge in [0.25, 0.3) is 5.91 Å². The molecule has 6 heteroatoms. The molecule has 4 atom stereocenters. The monoisotopic (exact) mass is 584 g/mol. The van der Waals surface area contributed by atoms with Crippen LogP contribution in [0.4, 0.5) is 0 Å². The molecule has 1 saturated heterocycles. The van der Waals surface area contributed by atoms with Crippen LogP contribution in [-0.4, -0.2) is 23.0 Å². The third-order valence-electron chi connectivity index (χ3n) is 6.15. The Hall–Kier alpha value is -2.40. The highest BCUT2D eigenvalue weighted by atomic mass is 127. The van der Waals surface area contributed by atoms with Crippen LogP contribution >= 0.6 is 34.2 Å². The van der Waals surface area contributed by atoms with Gasteiger partial charge in [0.2, 0.25) is 0 Å². The van der Waals surface area contributed by atoms with Gasteiger partial charge in [-0.1, -0.05) is 79.5 Å². The first-order valence-corrected chi connectivity index (χ1v) is 12.9. The molecule has 3 aromatic rings. The molecule has 1 aliphatic heterocycles. The van der Waals surface area contributed by atoms with E-state index < -0.39 is 24.3 Å². The van der Waals surface area contributed by atoms with Crippen molar-refractivity contribution in [2.75, 3.05) is 0 Å². The summed E-state index contributed by atoms with van der Waals surface area (Å²) in [7, 11) is 0. The fourth-order valence-electron chi connectivity index (χ4n) is 4.51. The van der Waals surface area contributed by atoms with Gasteiger partial charge < -0.3 is 9.64 Å². The molecule has 1 heterocycles. The summed E-state index contributed by atoms with van der Waals surface area (Å²) in [5, 5.41) is 10.7. The van der Waals surface area contributed by atoms with E-state index in [-0.39, 0.29) is 5.91 Å². The molecule has 0 N–H and O–H groups in total. The first-order valence-electron chi connectivity index (χ1n) is 11.4. The summed E-state index contributed by atoms with van der Waals surface area (Å²) in [6, 6.07) is 27.0. The molecule has 1 aliphatic rings. The molecular formula is C28H26ClIN2O2. The van der Waals surface area contributed by atoms with Gasteiger partial charge in [-0.05, 0) is 70.0 Å². The number of benzene rings is 3. The molecule has 4 nitrogen and oxygen atoms in total. The molecule has 3 aromatic carbocycles. The van der Waals surface area contributed by atoms with Gasteiger partial charge in [0.1, 0.15) is 18.2 Å². The summed E-state index contributed by atoms with van der Waals surface area (Å²) in [6.45, 7) is 2.03. The number of carbonyl (C=O) groups is 1. The zero-order chi connectivity index (χ0) is 24.1. The Morgan fingerprint density at radius 1 is 1.03 bits per heavy atom. The minimum absolute atomic E-state index is 0.148. The molecule has 174 valence electrons. The maximum atomic E-state index is 13.9. The van der Waals surface area contributed by atoms with Crippen LogP contribution in [0.5, 0.6) is 0 Å². The second-order valence-electron chi connectivity index (χ2n) is 8.46. The first kappa shape index (κ1) is 24.7. The zero-order valence-electron chi connectivity index (χ0n) is 18.9. The van der Waals surface area contributed by atoms with Crippen LogP contribution < -0.4 is 0 Å². The summed E-state index contributed by atoms with van der Waals surface area (Å²) in [5.74, 6) is -0.148. The summed E-state index contributed by atoms with van der Waals surface area (Å²) >= 11 is 8.44. The van der Waals surface area contributed by atoms with Crippen LogP contribution in [0.3, 0.4) is 0 Å². The number of amides is 1. The number of hydrogen-bond acceptors (Lipinski definition) is 3. The Morgan fingerprint density at radius 2 is 1.71 bits per heavy atom. The summed E-state index contributed by atoms with van der Waals surface area (Å²) in [4.78, 5) is 15.7. The van der Waals surface area contributed by atoms with Crippen molar-refractivity contribution in [2.24, 2.45) is 0 Å². The van der Waals surface area contributed by atoms with Crippen LogP contribution in [0, 0.1) is 14.9 Å². The van der Waals surface area contributed by atoms with E-state index in [9.17, 15) is 10.1 Å². The Morgan fingerprint density at radius 3 is 2.32 bits per heavy atom. The van der Waals surface area contributed by atoms with E-state index in [1.807, 2.05) is 85.8 Å². The lowest BCUT2D eigenvalue weighted by molar-refractivity contribution is -0.177. The number of rotatable bonds is 7. The predicted octanol–water partition coefficient (Wildman–Crippen LogP) is 6.89. The van der Waals surface area contributed by atoms with Crippen LogP contribution in [0.25, 0.3) is 0 Å². The van der Waals surface area contributed by atoms with Gasteiger partial charge in [-0.2, -0.15) is 5.26 Å². The van der Waals surface area contributed by atoms with Gasteiger partial charge >= 0.3 is 0 Å². The van der Waals surface area contributed by atoms with E-state index in [0.29, 0.717) is 17.9 Å². The largest absolute Gasteiger partial charge is 0.358 e. The van der Waals surface area contributed by atoms with Gasteiger partial charge in [-0.3, -0.25) is 4.79 Å². The molecule has 0 bridgehead atoms. The predicted molar refractivity (Wildman–Crippen MR) is 142 cm³/mol. The lowest BCUT2D eigenvalue weighted by Gasteiger charge is -2.46. The van der Waals surface area contributed by atoms with Crippen molar-refractivity contribution in [2.45, 2.75) is 50.5 Å². The molecule has 0 radical (unpaired) electrons. The van der Waals surface area contributed by atoms with Crippen molar-refractivity contribution in [3.63, 3.8) is 0 Å². The van der Waals surface area contributed by atoms with Gasteiger partial charge in [0.15, 0.2) is 0 Å². The second kappa shape index (κ2) is 11.4. The van der Waals surface area contributed by atoms with Gasteiger partial charge in [0, 0.05) is 15.0 Å². The van der Waals surface area contributed by atoms with Crippen LogP contribution in [0.2, 0.25) is 5.02 Å². The smallest absolute Gasteiger partial charge is 0.253 e. The summed E-state index contributed by atoms with van der Waals surface area (Å²) in [5.41, 5.74) is 2.90. The Bertz CT molecular complexity index is 1150. The Balaban J connectivity index is 1.81. The van der Waals surface area contributed by atoms with Gasteiger partial charge in [-0.15, -0.1) is 0 Å². The lowest BCUT2D eigenvalue weighted by atomic mass is 9.89. The quantitative estimate of drug-likeness (QED) is 0.284. The van der Waals surface area contributed by atoms with E-state index in [1.54, 1.807) is 4.90 Å². The molecular weight excluding hydrogens is 559 g/mol. The average Bonchev–Trinajstić information content (AvgIpc) is 2.86. The third kappa shape index (κ3) is 5.46. The standard InChI is InChI=1S/C28H26ClIN2O2/c1-2-6-24(18-31)32-26(20-11-13-22(29)14-12-20)27(21-7-4-3-5-8-21)34-25(28(32)33)17-19-9-15-23(30)16-10-19/h3-5,7-16,24-27H,2,6,17H2,1H3/t24-,25+,26-,27+/m1/s1. The number of hydrogen-bond donors (Lipinski definition) is 0. The van der Waals surface area contributed by atoms with Crippen LogP contribution in [0.1, 0.15) is 48.6 Å². The van der Waals surface area contributed by atoms with Gasteiger partial charge in [0.05, 0.1) is 12.1 Å². The lowest BCUT2D eigenvalue weighted by Crippen LogP contribution is -2.55. The average molecular weight is 585 g/mol. The van der Waals surface area contributed by atoms with Crippen molar-refractivity contribution in [3.8, 4) is 6.07 Å². The van der Waals surface area contributed by atoms with E-state index in [0.717, 1.165) is 26.7 Å². The normalized spacial score (nSPS) is 21.2. The molecule has 0 aliphatic carbocycles. The molecule has 1 fully saturated rings. The number of nitriles is 1. The number of ether oxygens (including phenoxy) is 1. The van der Waals surface area contributed by atoms with E-state index >= 15 is 0 Å². The Kier molecular flexibility index (Phi) is 8.25. The highest BCUT2D eigenvalue weighted by Gasteiger charge is 2.46. The molecule has 0 unspecified atom stereocenters. The molecule has 1 amide bonds. The van der Waals surface area contributed by atoms with E-state index in [4.69, 9.17) is 16.3 Å². The highest BCUT2D eigenvalue weighted by molar-refractivity contribution is 14.1. The van der Waals surface area contributed by atoms with E-state index in [1.165, 1.54) is 0 Å². The topological polar surface area (TPSA) is 53.3 Å². The number of carbonyl (C=O) groups excluding carboxylic acids is 1. The first-order chi connectivity index (χ1) is 16.5. The SMILES string of the molecule is CCC[C@H](C#N)N1C(=O)[C@H](Cc2ccc(I)cc2)O[C@@H](c2ccccc2)[C@H]1c1ccc(Cl)cc1. The van der Waals surface area contributed by atoms with E-state index in [2.05, 4.69) is 28.7 Å². The number of nitrogens with zero attached hydrogens (tertiary/aromatic N) is 2. The molecule has 0 aromatic heterocycles. The minimum Gasteiger partial charge on any atom is -0.358 e. The number of morpholine rings is 1. The Labute approximate surface area is 219 Å². The molecule has 34 heavy (non-hydrogen) atoms. The van der Waals surface area contributed by atoms with Crippen LogP contribution in [-0.2, 0) is 16.0 Å². The minimum atomic E-state index is -0.679. The fraction of sp³-hybridized carbons (Fsp3) is 0.286. The zero-order valence-corrected chi connectivity index (χ0v) is 21.8.